The number of amides is 2. The zero-order valence-electron chi connectivity index (χ0n) is 22.6. The van der Waals surface area contributed by atoms with Crippen molar-refractivity contribution in [1.82, 2.24) is 15.6 Å². The van der Waals surface area contributed by atoms with E-state index in [4.69, 9.17) is 4.74 Å². The predicted molar refractivity (Wildman–Crippen MR) is 143 cm³/mol. The Morgan fingerprint density at radius 2 is 1.47 bits per heavy atom. The van der Waals surface area contributed by atoms with Gasteiger partial charge in [0.2, 0.25) is 5.91 Å². The van der Waals surface area contributed by atoms with Crippen molar-refractivity contribution in [3.63, 3.8) is 0 Å². The van der Waals surface area contributed by atoms with Gasteiger partial charge in [0.05, 0.1) is 10.8 Å². The smallest absolute Gasteiger partial charge is 0.341 e. The summed E-state index contributed by atoms with van der Waals surface area (Å²) in [7, 11) is 0. The number of carbonyl (C=O) groups excluding carboxylic acids is 3. The number of carbonyl (C=O) groups is 3. The first-order chi connectivity index (χ1) is 17.1. The molecule has 2 fully saturated rings. The molecule has 36 heavy (non-hydrogen) atoms. The monoisotopic (exact) mass is 517 g/mol. The fourth-order valence-electron chi connectivity index (χ4n) is 5.31. The molecule has 200 valence electrons. The van der Waals surface area contributed by atoms with Gasteiger partial charge in [0.15, 0.2) is 6.10 Å². The Morgan fingerprint density at radius 1 is 0.917 bits per heavy atom. The molecule has 1 aromatic rings. The zero-order valence-corrected chi connectivity index (χ0v) is 23.4. The van der Waals surface area contributed by atoms with Crippen molar-refractivity contribution in [1.29, 1.82) is 0 Å². The lowest BCUT2D eigenvalue weighted by Gasteiger charge is -2.35. The molecular weight excluding hydrogens is 474 g/mol. The minimum atomic E-state index is -0.921. The molecule has 1 heterocycles. The van der Waals surface area contributed by atoms with Crippen molar-refractivity contribution >= 4 is 29.5 Å². The van der Waals surface area contributed by atoms with E-state index in [1.165, 1.54) is 24.6 Å². The van der Waals surface area contributed by atoms with E-state index < -0.39 is 17.3 Å². The molecule has 8 atom stereocenters. The predicted octanol–water partition coefficient (Wildman–Crippen LogP) is 4.99. The molecule has 0 spiro atoms. The van der Waals surface area contributed by atoms with Crippen LogP contribution < -0.4 is 10.6 Å². The molecule has 2 saturated carbocycles. The first-order valence-electron chi connectivity index (χ1n) is 13.5. The minimum absolute atomic E-state index is 0.0560. The number of aromatic nitrogens is 1. The summed E-state index contributed by atoms with van der Waals surface area (Å²) in [6, 6.07) is 3.56. The highest BCUT2D eigenvalue weighted by Gasteiger charge is 2.32. The first kappa shape index (κ1) is 28.5. The van der Waals surface area contributed by atoms with Crippen molar-refractivity contribution in [2.75, 3.05) is 0 Å². The molecule has 1 aromatic heterocycles. The summed E-state index contributed by atoms with van der Waals surface area (Å²) in [6.07, 6.45) is 7.20. The fraction of sp³-hybridized carbons (Fsp3) is 0.714. The third-order valence-corrected chi connectivity index (χ3v) is 9.49. The Hall–Kier alpha value is -2.09. The highest BCUT2D eigenvalue weighted by Crippen LogP contribution is 2.31. The number of ether oxygens (including phenoxy) is 1. The molecule has 0 bridgehead atoms. The standard InChI is InChI=1S/C28H43N3O4S/c1-16-10-7-13-23(18(16)3)30-25(32)20(5)35-28(34)22-12-9-15-29-27(22)36-21(6)26(33)31-24-14-8-11-17(2)19(24)4/h9,12,15-21,23-24H,7-8,10-11,13-14H2,1-6H3,(H,30,32)(H,31,33)/t16-,17+,18-,19+,20+,21-,23-,24-/m1/s1. The lowest BCUT2D eigenvalue weighted by atomic mass is 9.78. The quantitative estimate of drug-likeness (QED) is 0.372. The van der Waals surface area contributed by atoms with Gasteiger partial charge < -0.3 is 15.4 Å². The Kier molecular flexibility index (Phi) is 10.2. The number of hydrogen-bond donors (Lipinski definition) is 2. The average Bonchev–Trinajstić information content (AvgIpc) is 2.85. The van der Waals surface area contributed by atoms with Crippen molar-refractivity contribution in [2.45, 2.75) is 109 Å². The van der Waals surface area contributed by atoms with Gasteiger partial charge in [-0.3, -0.25) is 9.59 Å². The average molecular weight is 518 g/mol. The van der Waals surface area contributed by atoms with Crippen molar-refractivity contribution in [3.05, 3.63) is 23.9 Å². The summed E-state index contributed by atoms with van der Waals surface area (Å²) >= 11 is 1.24. The van der Waals surface area contributed by atoms with Gasteiger partial charge in [-0.1, -0.05) is 65.1 Å². The molecule has 0 radical (unpaired) electrons. The number of hydrogen-bond acceptors (Lipinski definition) is 6. The van der Waals surface area contributed by atoms with Crippen LogP contribution in [0.4, 0.5) is 0 Å². The van der Waals surface area contributed by atoms with E-state index in [9.17, 15) is 14.4 Å². The van der Waals surface area contributed by atoms with E-state index >= 15 is 0 Å². The summed E-state index contributed by atoms with van der Waals surface area (Å²) in [5, 5.41) is 6.28. The van der Waals surface area contributed by atoms with Crippen molar-refractivity contribution in [3.8, 4) is 0 Å². The highest BCUT2D eigenvalue weighted by molar-refractivity contribution is 8.00. The zero-order chi connectivity index (χ0) is 26.4. The van der Waals surface area contributed by atoms with E-state index in [1.807, 2.05) is 6.92 Å². The Labute approximate surface area is 220 Å². The number of nitrogens with one attached hydrogen (secondary N) is 2. The summed E-state index contributed by atoms with van der Waals surface area (Å²) in [5.41, 5.74) is 0.265. The second kappa shape index (κ2) is 12.9. The maximum atomic E-state index is 13.0. The Morgan fingerprint density at radius 3 is 2.06 bits per heavy atom. The van der Waals surface area contributed by atoms with E-state index in [2.05, 4.69) is 43.3 Å². The van der Waals surface area contributed by atoms with Crippen LogP contribution in [0.15, 0.2) is 23.4 Å². The molecule has 2 N–H and O–H groups in total. The molecule has 0 unspecified atom stereocenters. The summed E-state index contributed by atoms with van der Waals surface area (Å²) < 4.78 is 5.53. The Balaban J connectivity index is 1.58. The molecule has 3 rings (SSSR count). The van der Waals surface area contributed by atoms with E-state index in [0.717, 1.165) is 25.7 Å². The topological polar surface area (TPSA) is 97.4 Å². The second-order valence-corrected chi connectivity index (χ2v) is 12.3. The SMILES string of the molecule is C[C@@H]1[C@H](C)CCC[C@H]1NC(=O)[C@H](C)OC(=O)c1cccnc1S[C@H](C)C(=O)N[C@@H]1CCC[C@H](C)[C@@H]1C. The van der Waals surface area contributed by atoms with Gasteiger partial charge in [-0.2, -0.15) is 0 Å². The molecule has 2 aliphatic carbocycles. The van der Waals surface area contributed by atoms with Crippen LogP contribution in [0, 0.1) is 23.7 Å². The third kappa shape index (κ3) is 7.24. The molecular formula is C28H43N3O4S. The van der Waals surface area contributed by atoms with Gasteiger partial charge in [-0.25, -0.2) is 9.78 Å². The number of thioether (sulfide) groups is 1. The molecule has 8 heteroatoms. The van der Waals surface area contributed by atoms with Crippen LogP contribution in [-0.2, 0) is 14.3 Å². The van der Waals surface area contributed by atoms with Gasteiger partial charge in [0.25, 0.3) is 5.91 Å². The molecule has 7 nitrogen and oxygen atoms in total. The van der Waals surface area contributed by atoms with Crippen LogP contribution in [-0.4, -0.2) is 46.2 Å². The maximum Gasteiger partial charge on any atom is 0.341 e. The van der Waals surface area contributed by atoms with Crippen LogP contribution >= 0.6 is 11.8 Å². The second-order valence-electron chi connectivity index (χ2n) is 10.9. The van der Waals surface area contributed by atoms with Crippen LogP contribution in [0.3, 0.4) is 0 Å². The number of esters is 1. The van der Waals surface area contributed by atoms with Gasteiger partial charge in [0.1, 0.15) is 5.03 Å². The van der Waals surface area contributed by atoms with Crippen LogP contribution in [0.5, 0.6) is 0 Å². The molecule has 0 saturated heterocycles. The third-order valence-electron chi connectivity index (χ3n) is 8.37. The van der Waals surface area contributed by atoms with E-state index in [-0.39, 0.29) is 29.5 Å². The van der Waals surface area contributed by atoms with Gasteiger partial charge in [0, 0.05) is 18.3 Å². The van der Waals surface area contributed by atoms with E-state index in [0.29, 0.717) is 28.7 Å². The van der Waals surface area contributed by atoms with Gasteiger partial charge in [-0.15, -0.1) is 0 Å². The largest absolute Gasteiger partial charge is 0.449 e. The van der Waals surface area contributed by atoms with E-state index in [1.54, 1.807) is 25.3 Å². The Bertz CT molecular complexity index is 926. The van der Waals surface area contributed by atoms with Gasteiger partial charge >= 0.3 is 5.97 Å². The fourth-order valence-corrected chi connectivity index (χ4v) is 6.22. The van der Waals surface area contributed by atoms with Gasteiger partial charge in [-0.05, 0) is 62.5 Å². The molecule has 0 aromatic carbocycles. The molecule has 2 amide bonds. The van der Waals surface area contributed by atoms with Crippen LogP contribution in [0.25, 0.3) is 0 Å². The van der Waals surface area contributed by atoms with Crippen LogP contribution in [0.2, 0.25) is 0 Å². The first-order valence-corrected chi connectivity index (χ1v) is 14.4. The minimum Gasteiger partial charge on any atom is -0.449 e. The molecule has 2 aliphatic rings. The number of rotatable bonds is 8. The number of nitrogens with zero attached hydrogens (tertiary/aromatic N) is 1. The van der Waals surface area contributed by atoms with Crippen molar-refractivity contribution < 1.29 is 19.1 Å². The summed E-state index contributed by atoms with van der Waals surface area (Å²) in [5.74, 6) is 1.03. The maximum absolute atomic E-state index is 13.0. The lowest BCUT2D eigenvalue weighted by Crippen LogP contribution is -2.47. The van der Waals surface area contributed by atoms with Crippen LogP contribution in [0.1, 0.15) is 90.4 Å². The number of pyridine rings is 1. The highest BCUT2D eigenvalue weighted by atomic mass is 32.2. The van der Waals surface area contributed by atoms with Crippen molar-refractivity contribution in [2.24, 2.45) is 23.7 Å². The summed E-state index contributed by atoms with van der Waals surface area (Å²) in [4.78, 5) is 43.0. The normalized spacial score (nSPS) is 30.1. The molecule has 0 aliphatic heterocycles. The summed E-state index contributed by atoms with van der Waals surface area (Å²) in [6.45, 7) is 12.2. The lowest BCUT2D eigenvalue weighted by molar-refractivity contribution is -0.130.